The molecule has 0 N–H and O–H groups in total. The largest absolute Gasteiger partial charge is 0.489 e. The molecule has 2 heterocycles. The summed E-state index contributed by atoms with van der Waals surface area (Å²) in [6.07, 6.45) is 3.25. The first kappa shape index (κ1) is 23.2. The van der Waals surface area contributed by atoms with Crippen LogP contribution in [0.5, 0.6) is 5.75 Å². The number of ether oxygens (including phenoxy) is 1. The van der Waals surface area contributed by atoms with E-state index in [2.05, 4.69) is 15.1 Å². The summed E-state index contributed by atoms with van der Waals surface area (Å²) in [5.41, 5.74) is 1.78. The van der Waals surface area contributed by atoms with Gasteiger partial charge < -0.3 is 9.64 Å². The molecule has 0 radical (unpaired) electrons. The van der Waals surface area contributed by atoms with Gasteiger partial charge in [-0.05, 0) is 43.9 Å². The quantitative estimate of drug-likeness (QED) is 0.397. The molecule has 0 bridgehead atoms. The van der Waals surface area contributed by atoms with Crippen LogP contribution < -0.4 is 10.3 Å². The molecular weight excluding hydrogens is 440 g/mol. The molecule has 0 amide bonds. The Morgan fingerprint density at radius 2 is 1.68 bits per heavy atom. The van der Waals surface area contributed by atoms with Gasteiger partial charge in [0.25, 0.3) is 5.56 Å². The Kier molecular flexibility index (Phi) is 7.03. The smallest absolute Gasteiger partial charge is 0.267 e. The van der Waals surface area contributed by atoms with E-state index in [4.69, 9.17) is 4.74 Å². The maximum Gasteiger partial charge on any atom is 0.267 e. The van der Waals surface area contributed by atoms with Crippen molar-refractivity contribution in [3.8, 4) is 28.4 Å². The van der Waals surface area contributed by atoms with Crippen molar-refractivity contribution < 1.29 is 13.5 Å². The lowest BCUT2D eigenvalue weighted by atomic mass is 10.1. The summed E-state index contributed by atoms with van der Waals surface area (Å²) in [5.74, 6) is -0.318. The summed E-state index contributed by atoms with van der Waals surface area (Å²) in [4.78, 5) is 23.1. The average molecular weight is 463 g/mol. The van der Waals surface area contributed by atoms with Crippen molar-refractivity contribution in [3.63, 3.8) is 0 Å². The highest BCUT2D eigenvalue weighted by molar-refractivity contribution is 5.58. The van der Waals surface area contributed by atoms with Crippen molar-refractivity contribution >= 4 is 0 Å². The molecule has 34 heavy (non-hydrogen) atoms. The Labute approximate surface area is 195 Å². The van der Waals surface area contributed by atoms with Crippen LogP contribution in [0.4, 0.5) is 8.78 Å². The van der Waals surface area contributed by atoms with Gasteiger partial charge >= 0.3 is 0 Å². The topological polar surface area (TPSA) is 73.1 Å². The zero-order valence-corrected chi connectivity index (χ0v) is 18.8. The summed E-state index contributed by atoms with van der Waals surface area (Å²) in [7, 11) is 3.94. The van der Waals surface area contributed by atoms with Gasteiger partial charge in [0.1, 0.15) is 18.2 Å². The van der Waals surface area contributed by atoms with E-state index in [0.717, 1.165) is 23.7 Å². The summed E-state index contributed by atoms with van der Waals surface area (Å²) in [6.45, 7) is 1.49. The van der Waals surface area contributed by atoms with Crippen LogP contribution >= 0.6 is 0 Å². The molecule has 4 rings (SSSR count). The van der Waals surface area contributed by atoms with Crippen LogP contribution in [0.1, 0.15) is 5.56 Å². The minimum absolute atomic E-state index is 0.171. The lowest BCUT2D eigenvalue weighted by molar-refractivity contribution is 0.260. The summed E-state index contributed by atoms with van der Waals surface area (Å²) < 4.78 is 34.1. The molecule has 7 nitrogen and oxygen atoms in total. The van der Waals surface area contributed by atoms with Crippen LogP contribution in [0, 0.1) is 11.6 Å². The average Bonchev–Trinajstić information content (AvgIpc) is 2.80. The molecule has 0 aliphatic carbocycles. The van der Waals surface area contributed by atoms with Crippen molar-refractivity contribution in [2.24, 2.45) is 0 Å². The summed E-state index contributed by atoms with van der Waals surface area (Å²) in [5, 5.41) is 4.29. The van der Waals surface area contributed by atoms with Crippen LogP contribution in [0.2, 0.25) is 0 Å². The number of benzene rings is 2. The molecule has 0 atom stereocenters. The maximum atomic E-state index is 13.6. The maximum absolute atomic E-state index is 13.6. The molecule has 4 aromatic rings. The SMILES string of the molecule is CN(C)CCOc1cnc(-c2cccc(Cn3nc(-c4cc(F)cc(F)c4)ccc3=O)c2)nc1. The van der Waals surface area contributed by atoms with E-state index in [9.17, 15) is 13.6 Å². The second-order valence-corrected chi connectivity index (χ2v) is 7.97. The molecular formula is C25H23F2N5O2. The van der Waals surface area contributed by atoms with E-state index in [0.29, 0.717) is 23.9 Å². The predicted octanol–water partition coefficient (Wildman–Crippen LogP) is 3.63. The molecule has 0 aliphatic rings. The highest BCUT2D eigenvalue weighted by Gasteiger charge is 2.09. The fourth-order valence-electron chi connectivity index (χ4n) is 3.29. The highest BCUT2D eigenvalue weighted by Crippen LogP contribution is 2.20. The standard InChI is InChI=1S/C25H23F2N5O2/c1-31(2)8-9-34-22-14-28-25(29-15-22)18-5-3-4-17(10-18)16-32-24(33)7-6-23(30-32)19-11-20(26)13-21(27)12-19/h3-7,10-15H,8-9,16H2,1-2H3. The van der Waals surface area contributed by atoms with E-state index >= 15 is 0 Å². The molecule has 174 valence electrons. The molecule has 0 unspecified atom stereocenters. The third-order valence-electron chi connectivity index (χ3n) is 4.98. The number of likely N-dealkylation sites (N-methyl/N-ethyl adjacent to an activating group) is 1. The van der Waals surface area contributed by atoms with Crippen LogP contribution in [0.3, 0.4) is 0 Å². The van der Waals surface area contributed by atoms with Crippen LogP contribution in [-0.4, -0.2) is 51.9 Å². The van der Waals surface area contributed by atoms with Crippen molar-refractivity contribution in [2.75, 3.05) is 27.2 Å². The van der Waals surface area contributed by atoms with E-state index < -0.39 is 11.6 Å². The fraction of sp³-hybridized carbons (Fsp3) is 0.200. The number of hydrogen-bond acceptors (Lipinski definition) is 6. The minimum Gasteiger partial charge on any atom is -0.489 e. The van der Waals surface area contributed by atoms with Crippen molar-refractivity contribution in [3.05, 3.63) is 94.5 Å². The molecule has 0 aliphatic heterocycles. The molecule has 0 spiro atoms. The van der Waals surface area contributed by atoms with Gasteiger partial charge in [0.2, 0.25) is 0 Å². The van der Waals surface area contributed by atoms with Crippen LogP contribution in [-0.2, 0) is 6.54 Å². The minimum atomic E-state index is -0.712. The van der Waals surface area contributed by atoms with Gasteiger partial charge in [0.05, 0.1) is 24.6 Å². The molecule has 2 aromatic heterocycles. The van der Waals surface area contributed by atoms with Gasteiger partial charge in [-0.25, -0.2) is 23.4 Å². The first-order chi connectivity index (χ1) is 16.4. The number of nitrogens with zero attached hydrogens (tertiary/aromatic N) is 5. The van der Waals surface area contributed by atoms with Gasteiger partial charge in [-0.15, -0.1) is 0 Å². The fourth-order valence-corrected chi connectivity index (χ4v) is 3.29. The predicted molar refractivity (Wildman–Crippen MR) is 124 cm³/mol. The van der Waals surface area contributed by atoms with Crippen molar-refractivity contribution in [1.29, 1.82) is 0 Å². The number of hydrogen-bond donors (Lipinski definition) is 0. The Morgan fingerprint density at radius 1 is 0.941 bits per heavy atom. The van der Waals surface area contributed by atoms with Gasteiger partial charge in [-0.3, -0.25) is 4.79 Å². The Bertz CT molecular complexity index is 1320. The van der Waals surface area contributed by atoms with Gasteiger partial charge in [-0.2, -0.15) is 5.10 Å². The molecule has 0 saturated heterocycles. The molecule has 0 saturated carbocycles. The normalized spacial score (nSPS) is 11.1. The third kappa shape index (κ3) is 5.87. The molecule has 2 aromatic carbocycles. The van der Waals surface area contributed by atoms with E-state index in [1.54, 1.807) is 12.4 Å². The van der Waals surface area contributed by atoms with Crippen LogP contribution in [0.25, 0.3) is 22.6 Å². The second kappa shape index (κ2) is 10.3. The van der Waals surface area contributed by atoms with Crippen LogP contribution in [0.15, 0.2) is 71.8 Å². The molecule has 0 fully saturated rings. The Balaban J connectivity index is 1.53. The van der Waals surface area contributed by atoms with Gasteiger partial charge in [-0.1, -0.05) is 18.2 Å². The zero-order valence-electron chi connectivity index (χ0n) is 18.8. The third-order valence-corrected chi connectivity index (χ3v) is 4.98. The lowest BCUT2D eigenvalue weighted by Gasteiger charge is -2.11. The van der Waals surface area contributed by atoms with Gasteiger partial charge in [0, 0.05) is 29.8 Å². The summed E-state index contributed by atoms with van der Waals surface area (Å²) >= 11 is 0. The molecule has 9 heteroatoms. The monoisotopic (exact) mass is 463 g/mol. The lowest BCUT2D eigenvalue weighted by Crippen LogP contribution is -2.22. The first-order valence-electron chi connectivity index (χ1n) is 10.6. The number of aromatic nitrogens is 4. The number of halogens is 2. The van der Waals surface area contributed by atoms with E-state index in [-0.39, 0.29) is 17.7 Å². The first-order valence-corrected chi connectivity index (χ1v) is 10.6. The Morgan fingerprint density at radius 3 is 2.38 bits per heavy atom. The van der Waals surface area contributed by atoms with E-state index in [1.807, 2.05) is 43.3 Å². The summed E-state index contributed by atoms with van der Waals surface area (Å²) in [6, 6.07) is 13.3. The number of rotatable bonds is 8. The highest BCUT2D eigenvalue weighted by atomic mass is 19.1. The zero-order chi connectivity index (χ0) is 24.1. The van der Waals surface area contributed by atoms with Crippen molar-refractivity contribution in [1.82, 2.24) is 24.6 Å². The van der Waals surface area contributed by atoms with Crippen molar-refractivity contribution in [2.45, 2.75) is 6.54 Å². The van der Waals surface area contributed by atoms with Gasteiger partial charge in [0.15, 0.2) is 11.6 Å². The Hall–Kier alpha value is -3.98. The second-order valence-electron chi connectivity index (χ2n) is 7.97. The van der Waals surface area contributed by atoms with E-state index in [1.165, 1.54) is 28.9 Å².